The standard InChI is InChI=1S/C18H15NOS/c1-12-3-4-14-11-15(7-10-17(14)19-12)18(20)13-5-8-16(21-2)9-6-13/h3-11H,1-2H3. The number of aryl methyl sites for hydroxylation is 1. The molecule has 0 fully saturated rings. The molecule has 0 aliphatic carbocycles. The Hall–Kier alpha value is -2.13. The smallest absolute Gasteiger partial charge is 0.193 e. The predicted octanol–water partition coefficient (Wildman–Crippen LogP) is 4.50. The van der Waals surface area contributed by atoms with Crippen LogP contribution in [0.1, 0.15) is 21.6 Å². The molecule has 0 atom stereocenters. The zero-order valence-corrected chi connectivity index (χ0v) is 12.8. The van der Waals surface area contributed by atoms with E-state index < -0.39 is 0 Å². The first-order valence-electron chi connectivity index (χ1n) is 6.73. The van der Waals surface area contributed by atoms with Crippen LogP contribution >= 0.6 is 11.8 Å². The molecule has 104 valence electrons. The first-order valence-corrected chi connectivity index (χ1v) is 7.96. The van der Waals surface area contributed by atoms with E-state index in [2.05, 4.69) is 4.98 Å². The molecule has 3 rings (SSSR count). The molecule has 0 aliphatic heterocycles. The minimum Gasteiger partial charge on any atom is -0.289 e. The second-order valence-corrected chi connectivity index (χ2v) is 5.80. The number of benzene rings is 2. The summed E-state index contributed by atoms with van der Waals surface area (Å²) >= 11 is 1.67. The van der Waals surface area contributed by atoms with Crippen LogP contribution in [-0.2, 0) is 0 Å². The van der Waals surface area contributed by atoms with Gasteiger partial charge in [-0.25, -0.2) is 0 Å². The van der Waals surface area contributed by atoms with Crippen molar-refractivity contribution in [3.05, 3.63) is 71.4 Å². The Labute approximate surface area is 128 Å². The maximum Gasteiger partial charge on any atom is 0.193 e. The van der Waals surface area contributed by atoms with Crippen LogP contribution in [-0.4, -0.2) is 17.0 Å². The molecular formula is C18H15NOS. The lowest BCUT2D eigenvalue weighted by Gasteiger charge is -2.05. The van der Waals surface area contributed by atoms with E-state index in [0.29, 0.717) is 11.1 Å². The molecular weight excluding hydrogens is 278 g/mol. The van der Waals surface area contributed by atoms with Gasteiger partial charge in [-0.3, -0.25) is 9.78 Å². The molecule has 0 radical (unpaired) electrons. The van der Waals surface area contributed by atoms with Gasteiger partial charge in [-0.2, -0.15) is 0 Å². The van der Waals surface area contributed by atoms with E-state index >= 15 is 0 Å². The normalized spacial score (nSPS) is 10.8. The van der Waals surface area contributed by atoms with Gasteiger partial charge in [-0.1, -0.05) is 6.07 Å². The average molecular weight is 293 g/mol. The quantitative estimate of drug-likeness (QED) is 0.526. The molecule has 0 bridgehead atoms. The lowest BCUT2D eigenvalue weighted by Crippen LogP contribution is -2.01. The summed E-state index contributed by atoms with van der Waals surface area (Å²) in [5.41, 5.74) is 3.32. The number of hydrogen-bond acceptors (Lipinski definition) is 3. The summed E-state index contributed by atoms with van der Waals surface area (Å²) in [7, 11) is 0. The van der Waals surface area contributed by atoms with Crippen molar-refractivity contribution in [2.75, 3.05) is 6.26 Å². The molecule has 21 heavy (non-hydrogen) atoms. The van der Waals surface area contributed by atoms with E-state index in [1.54, 1.807) is 11.8 Å². The van der Waals surface area contributed by atoms with E-state index in [1.165, 1.54) is 0 Å². The Morgan fingerprint density at radius 1 is 0.952 bits per heavy atom. The monoisotopic (exact) mass is 293 g/mol. The lowest BCUT2D eigenvalue weighted by atomic mass is 10.0. The molecule has 2 aromatic carbocycles. The van der Waals surface area contributed by atoms with E-state index in [1.807, 2.05) is 67.8 Å². The topological polar surface area (TPSA) is 30.0 Å². The zero-order valence-electron chi connectivity index (χ0n) is 12.0. The number of carbonyl (C=O) groups excluding carboxylic acids is 1. The Balaban J connectivity index is 1.98. The summed E-state index contributed by atoms with van der Waals surface area (Å²) in [6, 6.07) is 17.3. The van der Waals surface area contributed by atoms with Gasteiger partial charge in [0.05, 0.1) is 5.52 Å². The molecule has 0 aliphatic rings. The number of carbonyl (C=O) groups is 1. The molecule has 0 saturated carbocycles. The number of fused-ring (bicyclic) bond motifs is 1. The molecule has 0 saturated heterocycles. The molecule has 0 unspecified atom stereocenters. The summed E-state index contributed by atoms with van der Waals surface area (Å²) in [4.78, 5) is 18.1. The van der Waals surface area contributed by atoms with Crippen molar-refractivity contribution in [2.24, 2.45) is 0 Å². The third-order valence-corrected chi connectivity index (χ3v) is 4.19. The first-order chi connectivity index (χ1) is 10.2. The Morgan fingerprint density at radius 3 is 2.38 bits per heavy atom. The number of thioether (sulfide) groups is 1. The summed E-state index contributed by atoms with van der Waals surface area (Å²) in [6.45, 7) is 1.96. The van der Waals surface area contributed by atoms with Crippen molar-refractivity contribution in [2.45, 2.75) is 11.8 Å². The number of pyridine rings is 1. The molecule has 1 heterocycles. The van der Waals surface area contributed by atoms with E-state index in [-0.39, 0.29) is 5.78 Å². The van der Waals surface area contributed by atoms with E-state index in [4.69, 9.17) is 0 Å². The van der Waals surface area contributed by atoms with Crippen LogP contribution in [0.2, 0.25) is 0 Å². The van der Waals surface area contributed by atoms with Gasteiger partial charge in [-0.15, -0.1) is 11.8 Å². The van der Waals surface area contributed by atoms with Crippen LogP contribution in [0.3, 0.4) is 0 Å². The van der Waals surface area contributed by atoms with Gasteiger partial charge in [0.2, 0.25) is 0 Å². The van der Waals surface area contributed by atoms with Crippen molar-refractivity contribution >= 4 is 28.4 Å². The molecule has 0 N–H and O–H groups in total. The largest absolute Gasteiger partial charge is 0.289 e. The van der Waals surface area contributed by atoms with Gasteiger partial charge in [0.25, 0.3) is 0 Å². The molecule has 1 aromatic heterocycles. The highest BCUT2D eigenvalue weighted by Gasteiger charge is 2.10. The van der Waals surface area contributed by atoms with Crippen molar-refractivity contribution in [3.63, 3.8) is 0 Å². The van der Waals surface area contributed by atoms with Crippen LogP contribution in [0.25, 0.3) is 10.9 Å². The Bertz CT molecular complexity index is 809. The number of rotatable bonds is 3. The highest BCUT2D eigenvalue weighted by Crippen LogP contribution is 2.20. The second kappa shape index (κ2) is 5.70. The summed E-state index contributed by atoms with van der Waals surface area (Å²) in [6.07, 6.45) is 2.02. The fraction of sp³-hybridized carbons (Fsp3) is 0.111. The maximum atomic E-state index is 12.5. The van der Waals surface area contributed by atoms with Crippen LogP contribution in [0.5, 0.6) is 0 Å². The van der Waals surface area contributed by atoms with E-state index in [0.717, 1.165) is 21.5 Å². The molecule has 0 spiro atoms. The summed E-state index contributed by atoms with van der Waals surface area (Å²) in [5, 5.41) is 0.993. The predicted molar refractivity (Wildman–Crippen MR) is 88.1 cm³/mol. The van der Waals surface area contributed by atoms with Gasteiger partial charge in [0.1, 0.15) is 0 Å². The van der Waals surface area contributed by atoms with Gasteiger partial charge < -0.3 is 0 Å². The van der Waals surface area contributed by atoms with Crippen LogP contribution in [0, 0.1) is 6.92 Å². The van der Waals surface area contributed by atoms with Gasteiger partial charge in [0, 0.05) is 27.1 Å². The van der Waals surface area contributed by atoms with Crippen LogP contribution in [0.4, 0.5) is 0 Å². The number of nitrogens with zero attached hydrogens (tertiary/aromatic N) is 1. The minimum atomic E-state index is 0.0464. The van der Waals surface area contributed by atoms with Gasteiger partial charge in [0.15, 0.2) is 5.78 Å². The molecule has 0 amide bonds. The van der Waals surface area contributed by atoms with Crippen molar-refractivity contribution in [1.29, 1.82) is 0 Å². The highest BCUT2D eigenvalue weighted by atomic mass is 32.2. The zero-order chi connectivity index (χ0) is 14.8. The number of aromatic nitrogens is 1. The number of ketones is 1. The second-order valence-electron chi connectivity index (χ2n) is 4.92. The highest BCUT2D eigenvalue weighted by molar-refractivity contribution is 7.98. The number of hydrogen-bond donors (Lipinski definition) is 0. The Kier molecular flexibility index (Phi) is 3.76. The van der Waals surface area contributed by atoms with Crippen molar-refractivity contribution in [1.82, 2.24) is 4.98 Å². The third-order valence-electron chi connectivity index (χ3n) is 3.44. The SMILES string of the molecule is CSc1ccc(C(=O)c2ccc3nc(C)ccc3c2)cc1. The third kappa shape index (κ3) is 2.83. The molecule has 3 aromatic rings. The van der Waals surface area contributed by atoms with Gasteiger partial charge in [-0.05, 0) is 61.7 Å². The fourth-order valence-electron chi connectivity index (χ4n) is 2.28. The molecule has 3 heteroatoms. The minimum absolute atomic E-state index is 0.0464. The van der Waals surface area contributed by atoms with Gasteiger partial charge >= 0.3 is 0 Å². The fourth-order valence-corrected chi connectivity index (χ4v) is 2.69. The average Bonchev–Trinajstić information content (AvgIpc) is 2.53. The van der Waals surface area contributed by atoms with Crippen LogP contribution in [0.15, 0.2) is 59.5 Å². The summed E-state index contributed by atoms with van der Waals surface area (Å²) in [5.74, 6) is 0.0464. The first kappa shape index (κ1) is 13.8. The van der Waals surface area contributed by atoms with Crippen molar-refractivity contribution < 1.29 is 4.79 Å². The maximum absolute atomic E-state index is 12.5. The molecule has 2 nitrogen and oxygen atoms in total. The van der Waals surface area contributed by atoms with Crippen molar-refractivity contribution in [3.8, 4) is 0 Å². The Morgan fingerprint density at radius 2 is 1.67 bits per heavy atom. The van der Waals surface area contributed by atoms with Crippen LogP contribution < -0.4 is 0 Å². The summed E-state index contributed by atoms with van der Waals surface area (Å²) < 4.78 is 0. The van der Waals surface area contributed by atoms with E-state index in [9.17, 15) is 4.79 Å². The lowest BCUT2D eigenvalue weighted by molar-refractivity contribution is 0.103.